The van der Waals surface area contributed by atoms with Gasteiger partial charge in [0.1, 0.15) is 12.0 Å². The first-order valence-corrected chi connectivity index (χ1v) is 12.2. The average molecular weight is 469 g/mol. The predicted molar refractivity (Wildman–Crippen MR) is 135 cm³/mol. The Hall–Kier alpha value is -3.26. The minimum Gasteiger partial charge on any atom is -0.848 e. The summed E-state index contributed by atoms with van der Waals surface area (Å²) in [6.07, 6.45) is 5.25. The first kappa shape index (κ1) is 22.2. The maximum atomic E-state index is 12.5. The van der Waals surface area contributed by atoms with E-state index >= 15 is 0 Å². The summed E-state index contributed by atoms with van der Waals surface area (Å²) >= 11 is 0. The molecule has 0 amide bonds. The molecule has 7 heteroatoms. The van der Waals surface area contributed by atoms with Crippen LogP contribution in [0.2, 0.25) is 0 Å². The molecule has 2 aromatic carbocycles. The molecule has 0 radical (unpaired) electrons. The Labute approximate surface area is 205 Å². The third-order valence-electron chi connectivity index (χ3n) is 7.70. The molecule has 2 aliphatic heterocycles. The van der Waals surface area contributed by atoms with Gasteiger partial charge in [0.15, 0.2) is 0 Å². The van der Waals surface area contributed by atoms with E-state index in [4.69, 9.17) is 15.7 Å². The lowest BCUT2D eigenvalue weighted by atomic mass is 9.71. The second-order valence-electron chi connectivity index (χ2n) is 10.2. The fourth-order valence-electron chi connectivity index (χ4n) is 5.62. The number of aliphatic hydroxyl groups excluding tert-OH is 1. The number of aliphatic hydroxyl groups is 1. The highest BCUT2D eigenvalue weighted by Gasteiger charge is 2.39. The Bertz CT molecular complexity index is 1340. The van der Waals surface area contributed by atoms with Crippen molar-refractivity contribution in [2.45, 2.75) is 43.9 Å². The molecule has 0 spiro atoms. The van der Waals surface area contributed by atoms with Gasteiger partial charge in [-0.3, -0.25) is 4.99 Å². The number of nitrogens with zero attached hydrogens (tertiary/aromatic N) is 4. The molecule has 180 valence electrons. The number of fused-ring (bicyclic) bond motifs is 2. The third-order valence-corrected chi connectivity index (χ3v) is 7.70. The van der Waals surface area contributed by atoms with Gasteiger partial charge in [-0.05, 0) is 23.6 Å². The van der Waals surface area contributed by atoms with Gasteiger partial charge in [-0.1, -0.05) is 67.8 Å². The van der Waals surface area contributed by atoms with E-state index in [2.05, 4.69) is 49.4 Å². The second kappa shape index (κ2) is 8.16. The predicted octanol–water partition coefficient (Wildman–Crippen LogP) is 3.16. The largest absolute Gasteiger partial charge is 0.848 e. The van der Waals surface area contributed by atoms with Crippen molar-refractivity contribution in [2.75, 3.05) is 13.7 Å². The first-order chi connectivity index (χ1) is 16.9. The molecule has 1 aromatic heterocycles. The summed E-state index contributed by atoms with van der Waals surface area (Å²) in [5.41, 5.74) is 12.5. The molecule has 2 atom stereocenters. The average Bonchev–Trinajstić information content (AvgIpc) is 3.24. The van der Waals surface area contributed by atoms with Crippen molar-refractivity contribution in [3.63, 3.8) is 0 Å². The highest BCUT2D eigenvalue weighted by Crippen LogP contribution is 2.45. The maximum Gasteiger partial charge on any atom is 0.121 e. The summed E-state index contributed by atoms with van der Waals surface area (Å²) in [5.74, 6) is 1.19. The zero-order valence-corrected chi connectivity index (χ0v) is 20.1. The minimum absolute atomic E-state index is 0.00795. The normalized spacial score (nSPS) is 27.2. The molecule has 2 unspecified atom stereocenters. The van der Waals surface area contributed by atoms with Crippen LogP contribution in [0.25, 0.3) is 17.5 Å². The van der Waals surface area contributed by atoms with Crippen molar-refractivity contribution >= 4 is 17.6 Å². The molecule has 7 nitrogen and oxygen atoms in total. The van der Waals surface area contributed by atoms with Crippen molar-refractivity contribution < 1.29 is 10.2 Å². The molecule has 0 saturated heterocycles. The molecule has 1 fully saturated rings. The number of aromatic nitrogens is 2. The van der Waals surface area contributed by atoms with Gasteiger partial charge in [-0.15, -0.1) is 0 Å². The van der Waals surface area contributed by atoms with E-state index in [1.807, 2.05) is 35.0 Å². The SMILES string of the molecule is CC1Cc2ccc(-c3nc(C4CC([O-])(CO)C4)n4c3C(N)N(C)C=C4)cc2N=C1c1ccccc1. The lowest BCUT2D eigenvalue weighted by Gasteiger charge is -2.52. The van der Waals surface area contributed by atoms with Crippen LogP contribution < -0.4 is 10.8 Å². The zero-order chi connectivity index (χ0) is 24.3. The number of hydrogen-bond donors (Lipinski definition) is 2. The summed E-state index contributed by atoms with van der Waals surface area (Å²) in [6, 6.07) is 16.7. The van der Waals surface area contributed by atoms with Gasteiger partial charge in [-0.2, -0.15) is 0 Å². The molecule has 0 bridgehead atoms. The minimum atomic E-state index is -1.26. The summed E-state index contributed by atoms with van der Waals surface area (Å²) < 4.78 is 2.04. The van der Waals surface area contributed by atoms with Gasteiger partial charge >= 0.3 is 0 Å². The molecule has 3 N–H and O–H groups in total. The van der Waals surface area contributed by atoms with E-state index in [1.54, 1.807) is 0 Å². The van der Waals surface area contributed by atoms with E-state index in [9.17, 15) is 10.2 Å². The molecule has 1 saturated carbocycles. The highest BCUT2D eigenvalue weighted by molar-refractivity contribution is 6.05. The van der Waals surface area contributed by atoms with Crippen LogP contribution in [-0.2, 0) is 6.42 Å². The van der Waals surface area contributed by atoms with Crippen molar-refractivity contribution in [1.29, 1.82) is 0 Å². The molecule has 6 rings (SSSR count). The fraction of sp³-hybridized carbons (Fsp3) is 0.357. The molecule has 3 heterocycles. The van der Waals surface area contributed by atoms with Gasteiger partial charge in [0, 0.05) is 43.5 Å². The second-order valence-corrected chi connectivity index (χ2v) is 10.2. The van der Waals surface area contributed by atoms with Crippen molar-refractivity contribution in [3.05, 3.63) is 77.4 Å². The van der Waals surface area contributed by atoms with Gasteiger partial charge in [0.05, 0.1) is 22.8 Å². The summed E-state index contributed by atoms with van der Waals surface area (Å²) in [7, 11) is 1.95. The van der Waals surface area contributed by atoms with Crippen molar-refractivity contribution in [2.24, 2.45) is 16.6 Å². The Morgan fingerprint density at radius 1 is 1.11 bits per heavy atom. The van der Waals surface area contributed by atoms with Gasteiger partial charge < -0.3 is 25.4 Å². The summed E-state index contributed by atoms with van der Waals surface area (Å²) in [5, 5.41) is 21.9. The Morgan fingerprint density at radius 3 is 2.63 bits per heavy atom. The van der Waals surface area contributed by atoms with Crippen LogP contribution in [0.15, 0.2) is 59.7 Å². The number of rotatable bonds is 4. The van der Waals surface area contributed by atoms with Crippen molar-refractivity contribution in [1.82, 2.24) is 14.5 Å². The number of imidazole rings is 1. The van der Waals surface area contributed by atoms with Crippen molar-refractivity contribution in [3.8, 4) is 11.3 Å². The Balaban J connectivity index is 1.44. The van der Waals surface area contributed by atoms with Crippen LogP contribution in [-0.4, -0.2) is 44.5 Å². The van der Waals surface area contributed by atoms with Crippen LogP contribution in [0, 0.1) is 5.92 Å². The topological polar surface area (TPSA) is 103 Å². The highest BCUT2D eigenvalue weighted by atomic mass is 16.3. The molecule has 35 heavy (non-hydrogen) atoms. The molecular weight excluding hydrogens is 438 g/mol. The van der Waals surface area contributed by atoms with Crippen LogP contribution in [0.5, 0.6) is 0 Å². The third kappa shape index (κ3) is 3.62. The molecule has 3 aromatic rings. The van der Waals surface area contributed by atoms with Gasteiger partial charge in [0.2, 0.25) is 0 Å². The standard InChI is InChI=1S/C28H30N5O2/c1-17-12-19-8-9-20(13-22(19)30-23(17)18-6-4-3-5-7-18)24-25-26(29)32(2)10-11-33(25)27(31-24)21-14-28(35,15-21)16-34/h3-11,13,17,21,26,34H,12,14-16,29H2,1-2H3/q-1. The van der Waals surface area contributed by atoms with Gasteiger partial charge in [-0.25, -0.2) is 4.98 Å². The quantitative estimate of drug-likeness (QED) is 0.612. The lowest BCUT2D eigenvalue weighted by molar-refractivity contribution is -0.507. The van der Waals surface area contributed by atoms with Crippen LogP contribution in [0.1, 0.15) is 54.5 Å². The smallest absolute Gasteiger partial charge is 0.121 e. The Kier molecular flexibility index (Phi) is 5.18. The fourth-order valence-corrected chi connectivity index (χ4v) is 5.62. The van der Waals surface area contributed by atoms with Crippen LogP contribution >= 0.6 is 0 Å². The number of benzene rings is 2. The van der Waals surface area contributed by atoms with Crippen LogP contribution in [0.3, 0.4) is 0 Å². The lowest BCUT2D eigenvalue weighted by Crippen LogP contribution is -2.57. The van der Waals surface area contributed by atoms with E-state index < -0.39 is 5.60 Å². The summed E-state index contributed by atoms with van der Waals surface area (Å²) in [4.78, 5) is 12.1. The number of aliphatic imine (C=N–C) groups is 1. The van der Waals surface area contributed by atoms with E-state index in [0.29, 0.717) is 18.8 Å². The monoisotopic (exact) mass is 468 g/mol. The maximum absolute atomic E-state index is 12.5. The summed E-state index contributed by atoms with van der Waals surface area (Å²) in [6.45, 7) is 1.88. The Morgan fingerprint density at radius 2 is 1.89 bits per heavy atom. The number of nitrogens with two attached hydrogens (primary N) is 1. The first-order valence-electron chi connectivity index (χ1n) is 12.2. The molecule has 3 aliphatic rings. The molecule has 1 aliphatic carbocycles. The van der Waals surface area contributed by atoms with Gasteiger partial charge in [0.25, 0.3) is 0 Å². The zero-order valence-electron chi connectivity index (χ0n) is 20.1. The number of hydrogen-bond acceptors (Lipinski definition) is 6. The van der Waals surface area contributed by atoms with Crippen LogP contribution in [0.4, 0.5) is 5.69 Å². The van der Waals surface area contributed by atoms with E-state index in [0.717, 1.165) is 46.2 Å². The molecular formula is C28H30N5O2-. The van der Waals surface area contributed by atoms with E-state index in [-0.39, 0.29) is 18.7 Å². The van der Waals surface area contributed by atoms with E-state index in [1.165, 1.54) is 5.56 Å².